The van der Waals surface area contributed by atoms with Gasteiger partial charge < -0.3 is 5.11 Å². The molecular formula is C10H11NO3. The van der Waals surface area contributed by atoms with Crippen LogP contribution in [0.1, 0.15) is 19.8 Å². The van der Waals surface area contributed by atoms with Crippen LogP contribution in [0, 0.1) is 11.8 Å². The van der Waals surface area contributed by atoms with Gasteiger partial charge in [0.15, 0.2) is 0 Å². The van der Waals surface area contributed by atoms with Crippen molar-refractivity contribution in [3.63, 3.8) is 0 Å². The Morgan fingerprint density at radius 1 is 1.50 bits per heavy atom. The Labute approximate surface area is 81.0 Å². The van der Waals surface area contributed by atoms with E-state index in [0.717, 1.165) is 5.57 Å². The highest BCUT2D eigenvalue weighted by Gasteiger charge is 2.58. The summed E-state index contributed by atoms with van der Waals surface area (Å²) in [5.41, 5.74) is 0.825. The van der Waals surface area contributed by atoms with E-state index in [9.17, 15) is 14.7 Å². The van der Waals surface area contributed by atoms with Crippen molar-refractivity contribution in [3.8, 4) is 0 Å². The molecule has 1 saturated heterocycles. The first kappa shape index (κ1) is 8.17. The average Bonchev–Trinajstić information content (AvgIpc) is 2.62. The van der Waals surface area contributed by atoms with Crippen molar-refractivity contribution < 1.29 is 14.7 Å². The fourth-order valence-electron chi connectivity index (χ4n) is 3.10. The summed E-state index contributed by atoms with van der Waals surface area (Å²) >= 11 is 0. The van der Waals surface area contributed by atoms with Crippen molar-refractivity contribution in [1.82, 2.24) is 5.32 Å². The van der Waals surface area contributed by atoms with Crippen molar-refractivity contribution in [3.05, 3.63) is 11.1 Å². The van der Waals surface area contributed by atoms with Crippen molar-refractivity contribution in [1.29, 1.82) is 0 Å². The summed E-state index contributed by atoms with van der Waals surface area (Å²) in [5, 5.41) is 12.3. The quantitative estimate of drug-likeness (QED) is 0.520. The van der Waals surface area contributed by atoms with Gasteiger partial charge in [0.05, 0.1) is 11.5 Å². The number of imide groups is 1. The first-order chi connectivity index (χ1) is 6.50. The molecule has 74 valence electrons. The van der Waals surface area contributed by atoms with Crippen LogP contribution in [0.15, 0.2) is 11.1 Å². The van der Waals surface area contributed by atoms with Gasteiger partial charge in [-0.05, 0) is 19.8 Å². The molecule has 0 radical (unpaired) electrons. The van der Waals surface area contributed by atoms with Crippen LogP contribution in [-0.2, 0) is 9.59 Å². The summed E-state index contributed by atoms with van der Waals surface area (Å²) in [5.74, 6) is -0.932. The summed E-state index contributed by atoms with van der Waals surface area (Å²) < 4.78 is 0. The van der Waals surface area contributed by atoms with Gasteiger partial charge in [-0.1, -0.05) is 5.57 Å². The standard InChI is InChI=1S/C10H11NO3/c1-10(14)3-4-2-5(10)7-6(4)8(12)11-9(7)13/h5,7,14H,2-3H2,1H3,(H,11,12,13)/t5-,7-,10+/m0/s1. The Morgan fingerprint density at radius 2 is 2.21 bits per heavy atom. The van der Waals surface area contributed by atoms with E-state index < -0.39 is 5.60 Å². The maximum atomic E-state index is 11.5. The molecule has 3 atom stereocenters. The summed E-state index contributed by atoms with van der Waals surface area (Å²) in [6.45, 7) is 1.75. The Hall–Kier alpha value is -1.16. The third-order valence-electron chi connectivity index (χ3n) is 3.69. The van der Waals surface area contributed by atoms with Crippen LogP contribution in [0.4, 0.5) is 0 Å². The third kappa shape index (κ3) is 0.733. The highest BCUT2D eigenvalue weighted by Crippen LogP contribution is 2.54. The zero-order valence-electron chi connectivity index (χ0n) is 7.83. The number of carbonyl (C=O) groups is 2. The van der Waals surface area contributed by atoms with Crippen LogP contribution >= 0.6 is 0 Å². The summed E-state index contributed by atoms with van der Waals surface area (Å²) in [6.07, 6.45) is 1.26. The molecular weight excluding hydrogens is 182 g/mol. The minimum Gasteiger partial charge on any atom is -0.390 e. The molecule has 1 aliphatic heterocycles. The average molecular weight is 193 g/mol. The van der Waals surface area contributed by atoms with Gasteiger partial charge in [-0.15, -0.1) is 0 Å². The van der Waals surface area contributed by atoms with Crippen molar-refractivity contribution in [2.75, 3.05) is 0 Å². The third-order valence-corrected chi connectivity index (χ3v) is 3.69. The summed E-state index contributed by atoms with van der Waals surface area (Å²) in [6, 6.07) is 0. The van der Waals surface area contributed by atoms with E-state index in [-0.39, 0.29) is 23.7 Å². The number of nitrogens with one attached hydrogen (secondary N) is 1. The van der Waals surface area contributed by atoms with Gasteiger partial charge in [0, 0.05) is 11.5 Å². The number of fused-ring (bicyclic) bond motifs is 4. The second kappa shape index (κ2) is 2.08. The topological polar surface area (TPSA) is 66.4 Å². The monoisotopic (exact) mass is 193 g/mol. The maximum absolute atomic E-state index is 11.5. The Kier molecular flexibility index (Phi) is 1.22. The zero-order valence-corrected chi connectivity index (χ0v) is 7.83. The molecule has 2 fully saturated rings. The molecule has 1 heterocycles. The van der Waals surface area contributed by atoms with E-state index in [1.807, 2.05) is 0 Å². The van der Waals surface area contributed by atoms with Crippen LogP contribution in [-0.4, -0.2) is 22.5 Å². The minimum atomic E-state index is -0.800. The summed E-state index contributed by atoms with van der Waals surface area (Å²) in [7, 11) is 0. The molecule has 2 N–H and O–H groups in total. The molecule has 2 amide bonds. The van der Waals surface area contributed by atoms with E-state index >= 15 is 0 Å². The molecule has 2 aliphatic carbocycles. The normalized spacial score (nSPS) is 44.7. The number of rotatable bonds is 0. The molecule has 4 nitrogen and oxygen atoms in total. The Bertz CT molecular complexity index is 394. The van der Waals surface area contributed by atoms with Crippen LogP contribution < -0.4 is 5.32 Å². The largest absolute Gasteiger partial charge is 0.390 e. The van der Waals surface area contributed by atoms with Gasteiger partial charge in [0.25, 0.3) is 5.91 Å². The molecule has 3 rings (SSSR count). The van der Waals surface area contributed by atoms with Gasteiger partial charge in [-0.2, -0.15) is 0 Å². The Morgan fingerprint density at radius 3 is 2.93 bits per heavy atom. The fraction of sp³-hybridized carbons (Fsp3) is 0.600. The van der Waals surface area contributed by atoms with E-state index in [2.05, 4.69) is 5.32 Å². The van der Waals surface area contributed by atoms with Crippen LogP contribution in [0.25, 0.3) is 0 Å². The van der Waals surface area contributed by atoms with E-state index in [1.165, 1.54) is 0 Å². The lowest BCUT2D eigenvalue weighted by atomic mass is 9.78. The number of aliphatic hydroxyl groups is 1. The number of hydrogen-bond acceptors (Lipinski definition) is 3. The van der Waals surface area contributed by atoms with Gasteiger partial charge >= 0.3 is 0 Å². The number of carbonyl (C=O) groups excluding carboxylic acids is 2. The van der Waals surface area contributed by atoms with E-state index in [0.29, 0.717) is 18.4 Å². The molecule has 0 aromatic carbocycles. The van der Waals surface area contributed by atoms with Gasteiger partial charge in [-0.3, -0.25) is 14.9 Å². The van der Waals surface area contributed by atoms with Gasteiger partial charge in [0.1, 0.15) is 0 Å². The number of amides is 2. The first-order valence-electron chi connectivity index (χ1n) is 4.80. The predicted octanol–water partition coefficient (Wildman–Crippen LogP) is -0.270. The first-order valence-corrected chi connectivity index (χ1v) is 4.80. The SMILES string of the molecule is C[C@@]1(O)CC2=C3C(=O)NC(=O)[C@H]3[C@@H]1C2. The molecule has 14 heavy (non-hydrogen) atoms. The molecule has 1 saturated carbocycles. The lowest BCUT2D eigenvalue weighted by Crippen LogP contribution is -2.38. The molecule has 0 aromatic rings. The van der Waals surface area contributed by atoms with E-state index in [4.69, 9.17) is 0 Å². The molecule has 2 bridgehead atoms. The summed E-state index contributed by atoms with van der Waals surface area (Å²) in [4.78, 5) is 22.9. The van der Waals surface area contributed by atoms with Crippen LogP contribution in [0.2, 0.25) is 0 Å². The van der Waals surface area contributed by atoms with Crippen molar-refractivity contribution >= 4 is 11.8 Å². The molecule has 4 heteroatoms. The van der Waals surface area contributed by atoms with Crippen molar-refractivity contribution in [2.45, 2.75) is 25.4 Å². The van der Waals surface area contributed by atoms with Crippen LogP contribution in [0.3, 0.4) is 0 Å². The maximum Gasteiger partial charge on any atom is 0.254 e. The minimum absolute atomic E-state index is 0.0843. The zero-order chi connectivity index (χ0) is 10.1. The van der Waals surface area contributed by atoms with Gasteiger partial charge in [-0.25, -0.2) is 0 Å². The number of hydrogen-bond donors (Lipinski definition) is 2. The second-order valence-corrected chi connectivity index (χ2v) is 4.66. The molecule has 0 unspecified atom stereocenters. The predicted molar refractivity (Wildman–Crippen MR) is 47.0 cm³/mol. The Balaban J connectivity index is 2.15. The second-order valence-electron chi connectivity index (χ2n) is 4.66. The smallest absolute Gasteiger partial charge is 0.254 e. The molecule has 0 spiro atoms. The van der Waals surface area contributed by atoms with E-state index in [1.54, 1.807) is 6.92 Å². The molecule has 3 aliphatic rings. The lowest BCUT2D eigenvalue weighted by Gasteiger charge is -2.29. The van der Waals surface area contributed by atoms with Crippen LogP contribution in [0.5, 0.6) is 0 Å². The highest BCUT2D eigenvalue weighted by atomic mass is 16.3. The molecule has 0 aromatic heterocycles. The highest BCUT2D eigenvalue weighted by molar-refractivity contribution is 6.16. The van der Waals surface area contributed by atoms with Gasteiger partial charge in [0.2, 0.25) is 5.91 Å². The van der Waals surface area contributed by atoms with Crippen molar-refractivity contribution in [2.24, 2.45) is 11.8 Å². The lowest BCUT2D eigenvalue weighted by molar-refractivity contribution is -0.128. The fourth-order valence-corrected chi connectivity index (χ4v) is 3.10.